The summed E-state index contributed by atoms with van der Waals surface area (Å²) in [7, 11) is 0. The van der Waals surface area contributed by atoms with Crippen LogP contribution in [0.1, 0.15) is 109 Å². The molecule has 234 valence electrons. The molecule has 1 aliphatic rings. The van der Waals surface area contributed by atoms with Gasteiger partial charge in [-0.25, -0.2) is 0 Å². The van der Waals surface area contributed by atoms with Crippen molar-refractivity contribution >= 4 is 10.8 Å². The number of pyridine rings is 3. The van der Waals surface area contributed by atoms with Crippen molar-refractivity contribution in [3.05, 3.63) is 77.1 Å². The first-order chi connectivity index (χ1) is 20.4. The molecule has 5 heterocycles. The molecule has 0 atom stereocenters. The van der Waals surface area contributed by atoms with Gasteiger partial charge in [-0.15, -0.1) is 0 Å². The summed E-state index contributed by atoms with van der Waals surface area (Å²) in [6.07, 6.45) is 11.6. The molecule has 0 saturated heterocycles. The smallest absolute Gasteiger partial charge is 0.573 e. The van der Waals surface area contributed by atoms with Crippen LogP contribution in [-0.4, -0.2) is 25.1 Å². The molecule has 44 heavy (non-hydrogen) atoms. The largest absolute Gasteiger partial charge is 2.00 e. The minimum Gasteiger partial charge on any atom is -0.573 e. The molecular weight excluding hydrogens is 726 g/mol. The van der Waals surface area contributed by atoms with E-state index in [0.717, 1.165) is 70.6 Å². The SMILES string of the molecule is CC(C)(C)c1ccncc1.CC(C)Cc1n[n-]c(-c2cc3ccncc3c(-c3[n-]nc4c3CCCC4(C)C)n2)c1C(C)C.[Pt+2]. The first-order valence-corrected chi connectivity index (χ1v) is 15.6. The van der Waals surface area contributed by atoms with E-state index in [1.807, 2.05) is 30.9 Å². The molecule has 6 rings (SSSR count). The van der Waals surface area contributed by atoms with E-state index in [9.17, 15) is 0 Å². The average molecular weight is 771 g/mol. The molecule has 0 unspecified atom stereocenters. The molecule has 0 aromatic carbocycles. The zero-order valence-corrected chi connectivity index (χ0v) is 29.8. The molecule has 0 radical (unpaired) electrons. The third-order valence-corrected chi connectivity index (χ3v) is 8.35. The van der Waals surface area contributed by atoms with Gasteiger partial charge in [-0.3, -0.25) is 15.0 Å². The van der Waals surface area contributed by atoms with Gasteiger partial charge >= 0.3 is 21.1 Å². The standard InChI is InChI=1S/C27H32N6.C9H13N.Pt/c1-15(2)12-20-22(16(3)4)25(32-30-20)21-13-17-9-11-28-14-19(17)23(29-21)24-18-8-7-10-27(5,6)26(18)33-31-24;1-9(2,3)8-4-6-10-7-5-8;/h9,11,13-16H,7-8,10,12H2,1-6H3;4-7H,1-3H3;/q-2;;+2. The summed E-state index contributed by atoms with van der Waals surface area (Å²) in [5, 5.41) is 20.6. The molecule has 0 fully saturated rings. The third kappa shape index (κ3) is 7.04. The predicted molar refractivity (Wildman–Crippen MR) is 174 cm³/mol. The van der Waals surface area contributed by atoms with Gasteiger partial charge in [-0.2, -0.15) is 0 Å². The molecule has 0 saturated carbocycles. The molecule has 1 aliphatic carbocycles. The van der Waals surface area contributed by atoms with Crippen LogP contribution in [0.4, 0.5) is 0 Å². The Balaban J connectivity index is 0.000000344. The number of hydrogen-bond acceptors (Lipinski definition) is 5. The van der Waals surface area contributed by atoms with Crippen molar-refractivity contribution in [2.24, 2.45) is 5.92 Å². The maximum atomic E-state index is 5.16. The maximum Gasteiger partial charge on any atom is 2.00 e. The molecule has 0 spiro atoms. The van der Waals surface area contributed by atoms with Crippen LogP contribution in [0.3, 0.4) is 0 Å². The molecule has 0 N–H and O–H groups in total. The quantitative estimate of drug-likeness (QED) is 0.179. The van der Waals surface area contributed by atoms with Gasteiger partial charge in [-0.05, 0) is 89.3 Å². The van der Waals surface area contributed by atoms with Crippen molar-refractivity contribution in [3.8, 4) is 22.8 Å². The van der Waals surface area contributed by atoms with Gasteiger partial charge in [0.1, 0.15) is 0 Å². The Morgan fingerprint density at radius 3 is 2.23 bits per heavy atom. The number of fused-ring (bicyclic) bond motifs is 2. The predicted octanol–water partition coefficient (Wildman–Crippen LogP) is 7.98. The molecule has 7 nitrogen and oxygen atoms in total. The van der Waals surface area contributed by atoms with Crippen molar-refractivity contribution in [2.45, 2.75) is 105 Å². The third-order valence-electron chi connectivity index (χ3n) is 8.35. The summed E-state index contributed by atoms with van der Waals surface area (Å²) in [6, 6.07) is 8.26. The monoisotopic (exact) mass is 770 g/mol. The van der Waals surface area contributed by atoms with Gasteiger partial charge in [0.15, 0.2) is 0 Å². The molecule has 5 aromatic heterocycles. The van der Waals surface area contributed by atoms with Gasteiger partial charge in [0, 0.05) is 47.0 Å². The first-order valence-electron chi connectivity index (χ1n) is 15.6. The molecule has 0 amide bonds. The van der Waals surface area contributed by atoms with Gasteiger partial charge < -0.3 is 20.4 Å². The van der Waals surface area contributed by atoms with E-state index in [-0.39, 0.29) is 31.9 Å². The van der Waals surface area contributed by atoms with E-state index in [4.69, 9.17) is 4.98 Å². The topological polar surface area (TPSA) is 92.7 Å². The Bertz CT molecular complexity index is 1690. The Kier molecular flexibility index (Phi) is 10.3. The Morgan fingerprint density at radius 1 is 0.909 bits per heavy atom. The van der Waals surface area contributed by atoms with E-state index in [1.54, 1.807) is 0 Å². The van der Waals surface area contributed by atoms with Crippen molar-refractivity contribution in [1.29, 1.82) is 0 Å². The molecule has 8 heteroatoms. The van der Waals surface area contributed by atoms with Gasteiger partial charge in [0.2, 0.25) is 0 Å². The minimum absolute atomic E-state index is 0. The van der Waals surface area contributed by atoms with Crippen LogP contribution >= 0.6 is 0 Å². The molecule has 0 bridgehead atoms. The Labute approximate surface area is 276 Å². The zero-order chi connectivity index (χ0) is 30.9. The summed E-state index contributed by atoms with van der Waals surface area (Å²) in [5.41, 5.74) is 9.74. The van der Waals surface area contributed by atoms with Crippen LogP contribution in [-0.2, 0) is 44.7 Å². The van der Waals surface area contributed by atoms with Gasteiger partial charge in [0.25, 0.3) is 0 Å². The average Bonchev–Trinajstić information content (AvgIpc) is 3.58. The van der Waals surface area contributed by atoms with Crippen LogP contribution in [0.2, 0.25) is 0 Å². The van der Waals surface area contributed by atoms with E-state index in [0.29, 0.717) is 11.8 Å². The zero-order valence-electron chi connectivity index (χ0n) is 27.5. The summed E-state index contributed by atoms with van der Waals surface area (Å²) in [6.45, 7) is 20.0. The summed E-state index contributed by atoms with van der Waals surface area (Å²) in [5.74, 6) is 0.835. The van der Waals surface area contributed by atoms with Crippen molar-refractivity contribution < 1.29 is 21.1 Å². The first kappa shape index (κ1) is 33.7. The van der Waals surface area contributed by atoms with E-state index in [1.165, 1.54) is 16.7 Å². The van der Waals surface area contributed by atoms with Crippen LogP contribution < -0.4 is 10.2 Å². The maximum absolute atomic E-state index is 5.16. The molecular formula is C36H45N7Pt. The fourth-order valence-electron chi connectivity index (χ4n) is 6.06. The number of rotatable bonds is 5. The number of nitrogens with zero attached hydrogens (tertiary/aromatic N) is 7. The van der Waals surface area contributed by atoms with E-state index < -0.39 is 0 Å². The Hall–Kier alpha value is -3.18. The van der Waals surface area contributed by atoms with Crippen LogP contribution in [0.15, 0.2) is 49.1 Å². The number of hydrogen-bond donors (Lipinski definition) is 0. The second-order valence-electron chi connectivity index (χ2n) is 14.2. The van der Waals surface area contributed by atoms with Crippen LogP contribution in [0.5, 0.6) is 0 Å². The summed E-state index contributed by atoms with van der Waals surface area (Å²) >= 11 is 0. The number of aromatic nitrogens is 7. The van der Waals surface area contributed by atoms with Gasteiger partial charge in [0.05, 0.1) is 11.4 Å². The molecule has 5 aromatic rings. The Morgan fingerprint density at radius 2 is 1.59 bits per heavy atom. The molecule has 0 aliphatic heterocycles. The van der Waals surface area contributed by atoms with E-state index >= 15 is 0 Å². The van der Waals surface area contributed by atoms with Crippen LogP contribution in [0.25, 0.3) is 33.5 Å². The van der Waals surface area contributed by atoms with Crippen LogP contribution in [0, 0.1) is 5.92 Å². The van der Waals surface area contributed by atoms with Crippen molar-refractivity contribution in [2.75, 3.05) is 0 Å². The van der Waals surface area contributed by atoms with Crippen molar-refractivity contribution in [1.82, 2.24) is 35.3 Å². The second kappa shape index (κ2) is 13.4. The van der Waals surface area contributed by atoms with Crippen molar-refractivity contribution in [3.63, 3.8) is 0 Å². The van der Waals surface area contributed by atoms with Gasteiger partial charge in [-0.1, -0.05) is 73.7 Å². The summed E-state index contributed by atoms with van der Waals surface area (Å²) < 4.78 is 0. The normalized spacial score (nSPS) is 14.2. The second-order valence-corrected chi connectivity index (χ2v) is 14.2. The fourth-order valence-corrected chi connectivity index (χ4v) is 6.06. The van der Waals surface area contributed by atoms with E-state index in [2.05, 4.69) is 111 Å². The summed E-state index contributed by atoms with van der Waals surface area (Å²) in [4.78, 5) is 13.5. The minimum atomic E-state index is 0. The fraction of sp³-hybridized carbons (Fsp3) is 0.472.